The minimum atomic E-state index is -5.09. The number of alkyl halides is 3. The Morgan fingerprint density at radius 2 is 2.00 bits per heavy atom. The summed E-state index contributed by atoms with van der Waals surface area (Å²) in [7, 11) is 0. The van der Waals surface area contributed by atoms with Crippen LogP contribution in [0.25, 0.3) is 0 Å². The first-order chi connectivity index (χ1) is 16.4. The number of carbonyl (C=O) groups excluding carboxylic acids is 3. The normalized spacial score (nSPS) is 21.4. The van der Waals surface area contributed by atoms with Crippen LogP contribution in [0.3, 0.4) is 0 Å². The van der Waals surface area contributed by atoms with E-state index >= 15 is 0 Å². The summed E-state index contributed by atoms with van der Waals surface area (Å²) < 4.78 is 37.5. The fraction of sp³-hybridized carbons (Fsp3) is 0.615. The van der Waals surface area contributed by atoms with Gasteiger partial charge in [0, 0.05) is 29.6 Å². The van der Waals surface area contributed by atoms with Crippen molar-refractivity contribution in [2.45, 2.75) is 84.5 Å². The van der Waals surface area contributed by atoms with Crippen molar-refractivity contribution in [1.82, 2.24) is 10.2 Å². The number of hydrogen-bond donors (Lipinski definition) is 2. The van der Waals surface area contributed by atoms with Crippen LogP contribution < -0.4 is 5.32 Å². The molecule has 2 amide bonds. The Balaban J connectivity index is 1.64. The van der Waals surface area contributed by atoms with Crippen LogP contribution in [0.4, 0.5) is 13.2 Å². The summed E-state index contributed by atoms with van der Waals surface area (Å²) in [6.45, 7) is 6.77. The second kappa shape index (κ2) is 10.5. The van der Waals surface area contributed by atoms with E-state index < -0.39 is 17.9 Å². The molecule has 0 saturated heterocycles. The number of halogens is 3. The van der Waals surface area contributed by atoms with E-state index in [9.17, 15) is 27.6 Å². The molecule has 0 spiro atoms. The van der Waals surface area contributed by atoms with Gasteiger partial charge >= 0.3 is 12.1 Å². The van der Waals surface area contributed by atoms with Crippen molar-refractivity contribution in [1.29, 1.82) is 5.41 Å². The molecule has 1 aliphatic heterocycles. The van der Waals surface area contributed by atoms with Crippen LogP contribution in [0.1, 0.15) is 87.2 Å². The third-order valence-electron chi connectivity index (χ3n) is 7.89. The Hall–Kier alpha value is -2.71. The van der Waals surface area contributed by atoms with Crippen molar-refractivity contribution >= 4 is 23.9 Å². The first-order valence-corrected chi connectivity index (χ1v) is 12.2. The lowest BCUT2D eigenvalue weighted by Crippen LogP contribution is -2.40. The molecule has 0 radical (unpaired) electrons. The molecule has 0 bridgehead atoms. The maximum atomic E-state index is 13.2. The fourth-order valence-corrected chi connectivity index (χ4v) is 5.16. The summed E-state index contributed by atoms with van der Waals surface area (Å²) in [5.41, 5.74) is 1.15. The monoisotopic (exact) mass is 493 g/mol. The van der Waals surface area contributed by atoms with Gasteiger partial charge in [-0.1, -0.05) is 52.2 Å². The number of carbonyl (C=O) groups is 3. The highest BCUT2D eigenvalue weighted by atomic mass is 19.4. The molecule has 1 heterocycles. The smallest absolute Gasteiger partial charge is 0.331 e. The topological polar surface area (TPSA) is 90.3 Å². The summed E-state index contributed by atoms with van der Waals surface area (Å²) in [5, 5.41) is 9.35. The standard InChI is InChI=1S/C26H34F3N3O3/c1-4-25(2,3)19(15-33)11-8-16-6-5-7-20(12-16)32-14-18-10-9-17(13-21(18)23(32)34)22(30)31-24(35)26(27,28)29/h9-10,13,15-16,19-20H,4-8,11-12,14H2,1-3H3,(H2,30,31,35). The van der Waals surface area contributed by atoms with Gasteiger partial charge < -0.3 is 15.0 Å². The highest BCUT2D eigenvalue weighted by Gasteiger charge is 2.40. The van der Waals surface area contributed by atoms with E-state index in [0.717, 1.165) is 56.8 Å². The zero-order chi connectivity index (χ0) is 26.0. The van der Waals surface area contributed by atoms with E-state index in [4.69, 9.17) is 5.41 Å². The van der Waals surface area contributed by atoms with Crippen LogP contribution >= 0.6 is 0 Å². The Kier molecular flexibility index (Phi) is 8.07. The minimum Gasteiger partial charge on any atom is -0.331 e. The van der Waals surface area contributed by atoms with E-state index in [-0.39, 0.29) is 28.8 Å². The number of nitrogens with zero attached hydrogens (tertiary/aromatic N) is 1. The summed E-state index contributed by atoms with van der Waals surface area (Å²) >= 11 is 0. The zero-order valence-corrected chi connectivity index (χ0v) is 20.5. The predicted octanol–water partition coefficient (Wildman–Crippen LogP) is 5.24. The number of rotatable bonds is 8. The molecule has 9 heteroatoms. The maximum Gasteiger partial charge on any atom is 0.471 e. The molecule has 35 heavy (non-hydrogen) atoms. The maximum absolute atomic E-state index is 13.2. The van der Waals surface area contributed by atoms with Crippen molar-refractivity contribution in [2.24, 2.45) is 17.3 Å². The van der Waals surface area contributed by atoms with Gasteiger partial charge in [-0.25, -0.2) is 0 Å². The molecule has 1 aromatic rings. The van der Waals surface area contributed by atoms with Crippen LogP contribution in [-0.4, -0.2) is 41.1 Å². The molecular formula is C26H34F3N3O3. The highest BCUT2D eigenvalue weighted by Crippen LogP contribution is 2.38. The van der Waals surface area contributed by atoms with Crippen LogP contribution in [0.15, 0.2) is 18.2 Å². The van der Waals surface area contributed by atoms with Gasteiger partial charge in [-0.3, -0.25) is 15.0 Å². The van der Waals surface area contributed by atoms with Crippen molar-refractivity contribution in [3.05, 3.63) is 34.9 Å². The molecule has 3 unspecified atom stereocenters. The first-order valence-electron chi connectivity index (χ1n) is 12.2. The van der Waals surface area contributed by atoms with Gasteiger partial charge in [0.1, 0.15) is 12.1 Å². The van der Waals surface area contributed by atoms with E-state index in [1.165, 1.54) is 17.4 Å². The Labute approximate surface area is 204 Å². The van der Waals surface area contributed by atoms with Crippen LogP contribution in [-0.2, 0) is 16.1 Å². The summed E-state index contributed by atoms with van der Waals surface area (Å²) in [6, 6.07) is 4.54. The van der Waals surface area contributed by atoms with E-state index in [1.54, 1.807) is 6.07 Å². The van der Waals surface area contributed by atoms with Crippen molar-refractivity contribution in [3.8, 4) is 0 Å². The molecule has 2 N–H and O–H groups in total. The van der Waals surface area contributed by atoms with E-state index in [0.29, 0.717) is 18.0 Å². The molecule has 6 nitrogen and oxygen atoms in total. The third-order valence-corrected chi connectivity index (χ3v) is 7.89. The van der Waals surface area contributed by atoms with Gasteiger partial charge in [-0.05, 0) is 48.6 Å². The second-order valence-electron chi connectivity index (χ2n) is 10.5. The largest absolute Gasteiger partial charge is 0.471 e. The average Bonchev–Trinajstić information content (AvgIpc) is 3.14. The number of amidine groups is 1. The molecule has 192 valence electrons. The molecule has 3 atom stereocenters. The van der Waals surface area contributed by atoms with Gasteiger partial charge in [0.15, 0.2) is 0 Å². The van der Waals surface area contributed by atoms with Crippen LogP contribution in [0.2, 0.25) is 0 Å². The molecule has 1 fully saturated rings. The number of benzene rings is 1. The molecule has 3 rings (SSSR count). The van der Waals surface area contributed by atoms with E-state index in [2.05, 4.69) is 20.8 Å². The van der Waals surface area contributed by atoms with Crippen molar-refractivity contribution < 1.29 is 27.6 Å². The van der Waals surface area contributed by atoms with Gasteiger partial charge in [-0.15, -0.1) is 0 Å². The van der Waals surface area contributed by atoms with Crippen molar-refractivity contribution in [3.63, 3.8) is 0 Å². The lowest BCUT2D eigenvalue weighted by atomic mass is 9.73. The lowest BCUT2D eigenvalue weighted by Gasteiger charge is -2.36. The number of hydrogen-bond acceptors (Lipinski definition) is 4. The Morgan fingerprint density at radius 3 is 2.63 bits per heavy atom. The van der Waals surface area contributed by atoms with Gasteiger partial charge in [0.25, 0.3) is 5.91 Å². The number of fused-ring (bicyclic) bond motifs is 1. The molecule has 1 aliphatic carbocycles. The number of amides is 2. The Morgan fingerprint density at radius 1 is 1.29 bits per heavy atom. The third kappa shape index (κ3) is 6.11. The quantitative estimate of drug-likeness (QED) is 0.295. The predicted molar refractivity (Wildman–Crippen MR) is 126 cm³/mol. The minimum absolute atomic E-state index is 0.0112. The second-order valence-corrected chi connectivity index (χ2v) is 10.5. The SMILES string of the molecule is CCC(C)(C)C(C=O)CCC1CCCC(N2Cc3ccc(C(=N)NC(=O)C(F)(F)F)cc3C2=O)C1. The molecule has 1 aromatic carbocycles. The summed E-state index contributed by atoms with van der Waals surface area (Å²) in [4.78, 5) is 37.8. The van der Waals surface area contributed by atoms with Gasteiger partial charge in [0.2, 0.25) is 0 Å². The Bertz CT molecular complexity index is 990. The van der Waals surface area contributed by atoms with Crippen molar-refractivity contribution in [2.75, 3.05) is 0 Å². The number of aldehydes is 1. The lowest BCUT2D eigenvalue weighted by molar-refractivity contribution is -0.171. The van der Waals surface area contributed by atoms with Gasteiger partial charge in [-0.2, -0.15) is 13.2 Å². The van der Waals surface area contributed by atoms with Crippen LogP contribution in [0, 0.1) is 22.7 Å². The van der Waals surface area contributed by atoms with E-state index in [1.807, 2.05) is 4.90 Å². The highest BCUT2D eigenvalue weighted by molar-refractivity contribution is 6.09. The molecule has 2 aliphatic rings. The summed E-state index contributed by atoms with van der Waals surface area (Å²) in [5.74, 6) is -2.67. The fourth-order valence-electron chi connectivity index (χ4n) is 5.16. The number of nitrogens with one attached hydrogen (secondary N) is 2. The molecule has 1 saturated carbocycles. The first kappa shape index (κ1) is 26.9. The molecule has 0 aromatic heterocycles. The van der Waals surface area contributed by atoms with Crippen LogP contribution in [0.5, 0.6) is 0 Å². The van der Waals surface area contributed by atoms with Gasteiger partial charge in [0.05, 0.1) is 0 Å². The molecular weight excluding hydrogens is 459 g/mol. The summed E-state index contributed by atoms with van der Waals surface area (Å²) in [6.07, 6.45) is 2.52. The average molecular weight is 494 g/mol. The zero-order valence-electron chi connectivity index (χ0n) is 20.5.